The van der Waals surface area contributed by atoms with Gasteiger partial charge in [0.2, 0.25) is 0 Å². The van der Waals surface area contributed by atoms with Crippen molar-refractivity contribution in [2.24, 2.45) is 5.73 Å². The van der Waals surface area contributed by atoms with Crippen LogP contribution in [0.3, 0.4) is 0 Å². The fraction of sp³-hybridized carbons (Fsp3) is 0.286. The lowest BCUT2D eigenvalue weighted by Gasteiger charge is -2.09. The molecule has 90 valence electrons. The molecular weight excluding hydrogens is 214 g/mol. The van der Waals surface area contributed by atoms with Crippen LogP contribution in [0, 0.1) is 13.8 Å². The number of benzene rings is 1. The molecule has 1 aromatic heterocycles. The number of ether oxygens (including phenoxy) is 1. The Kier molecular flexibility index (Phi) is 3.20. The Bertz CT molecular complexity index is 529. The van der Waals surface area contributed by atoms with Crippen molar-refractivity contribution in [2.75, 3.05) is 7.11 Å². The van der Waals surface area contributed by atoms with Crippen LogP contribution in [0.1, 0.15) is 16.9 Å². The molecule has 0 saturated heterocycles. The molecule has 0 aliphatic heterocycles. The average Bonchev–Trinajstić information content (AvgIpc) is 2.80. The van der Waals surface area contributed by atoms with Gasteiger partial charge in [0.15, 0.2) is 0 Å². The molecule has 0 bridgehead atoms. The number of hydrogen-bond acceptors (Lipinski definition) is 3. The lowest BCUT2D eigenvalue weighted by molar-refractivity contribution is 0.411. The summed E-state index contributed by atoms with van der Waals surface area (Å²) in [4.78, 5) is 0. The smallest absolute Gasteiger partial charge is 0.134 e. The molecule has 0 atom stereocenters. The van der Waals surface area contributed by atoms with E-state index >= 15 is 0 Å². The van der Waals surface area contributed by atoms with Gasteiger partial charge in [-0.05, 0) is 49.2 Å². The van der Waals surface area contributed by atoms with Crippen LogP contribution in [0.4, 0.5) is 0 Å². The molecule has 3 nitrogen and oxygen atoms in total. The summed E-state index contributed by atoms with van der Waals surface area (Å²) in [6.07, 6.45) is 0. The number of aryl methyl sites for hydroxylation is 2. The highest BCUT2D eigenvalue weighted by Gasteiger charge is 2.10. The van der Waals surface area contributed by atoms with Gasteiger partial charge in [-0.15, -0.1) is 0 Å². The first kappa shape index (κ1) is 11.7. The van der Waals surface area contributed by atoms with Gasteiger partial charge >= 0.3 is 0 Å². The third-order valence-corrected chi connectivity index (χ3v) is 2.87. The van der Waals surface area contributed by atoms with Gasteiger partial charge in [0.1, 0.15) is 17.3 Å². The van der Waals surface area contributed by atoms with Crippen molar-refractivity contribution in [3.05, 3.63) is 41.2 Å². The second kappa shape index (κ2) is 4.63. The summed E-state index contributed by atoms with van der Waals surface area (Å²) in [7, 11) is 1.68. The Morgan fingerprint density at radius 1 is 1.18 bits per heavy atom. The molecule has 0 aliphatic rings. The van der Waals surface area contributed by atoms with E-state index in [2.05, 4.69) is 6.07 Å². The Balaban J connectivity index is 2.48. The molecule has 0 saturated carbocycles. The summed E-state index contributed by atoms with van der Waals surface area (Å²) in [5, 5.41) is 0. The zero-order valence-corrected chi connectivity index (χ0v) is 10.4. The van der Waals surface area contributed by atoms with Crippen molar-refractivity contribution in [1.82, 2.24) is 0 Å². The molecule has 0 fully saturated rings. The zero-order valence-electron chi connectivity index (χ0n) is 10.4. The minimum absolute atomic E-state index is 0.425. The highest BCUT2D eigenvalue weighted by atomic mass is 16.5. The molecule has 0 radical (unpaired) electrons. The predicted octanol–water partition coefficient (Wildman–Crippen LogP) is 3.03. The Morgan fingerprint density at radius 2 is 1.94 bits per heavy atom. The first-order valence-corrected chi connectivity index (χ1v) is 5.60. The largest absolute Gasteiger partial charge is 0.496 e. The standard InChI is InChI=1S/C14H17NO2/c1-9-7-14(16-3)10(2)6-12(9)13-5-4-11(8-15)17-13/h4-7H,8,15H2,1-3H3. The first-order chi connectivity index (χ1) is 8.15. The summed E-state index contributed by atoms with van der Waals surface area (Å²) < 4.78 is 11.0. The van der Waals surface area contributed by atoms with Crippen LogP contribution in [-0.2, 0) is 6.54 Å². The van der Waals surface area contributed by atoms with Crippen LogP contribution in [0.25, 0.3) is 11.3 Å². The minimum atomic E-state index is 0.425. The van der Waals surface area contributed by atoms with E-state index in [4.69, 9.17) is 14.9 Å². The van der Waals surface area contributed by atoms with E-state index < -0.39 is 0 Å². The van der Waals surface area contributed by atoms with Crippen LogP contribution < -0.4 is 10.5 Å². The van der Waals surface area contributed by atoms with Crippen molar-refractivity contribution >= 4 is 0 Å². The molecule has 0 unspecified atom stereocenters. The summed E-state index contributed by atoms with van der Waals surface area (Å²) in [6.45, 7) is 4.49. The van der Waals surface area contributed by atoms with Crippen molar-refractivity contribution in [3.63, 3.8) is 0 Å². The van der Waals surface area contributed by atoms with Gasteiger partial charge in [-0.2, -0.15) is 0 Å². The van der Waals surface area contributed by atoms with Crippen molar-refractivity contribution in [2.45, 2.75) is 20.4 Å². The maximum absolute atomic E-state index is 5.66. The summed E-state index contributed by atoms with van der Waals surface area (Å²) in [5.74, 6) is 2.55. The second-order valence-corrected chi connectivity index (χ2v) is 4.11. The van der Waals surface area contributed by atoms with E-state index in [-0.39, 0.29) is 0 Å². The van der Waals surface area contributed by atoms with Crippen LogP contribution in [0.2, 0.25) is 0 Å². The number of furan rings is 1. The lowest BCUT2D eigenvalue weighted by Crippen LogP contribution is -1.93. The van der Waals surface area contributed by atoms with Crippen molar-refractivity contribution in [1.29, 1.82) is 0 Å². The highest BCUT2D eigenvalue weighted by Crippen LogP contribution is 2.31. The molecule has 17 heavy (non-hydrogen) atoms. The number of hydrogen-bond donors (Lipinski definition) is 1. The second-order valence-electron chi connectivity index (χ2n) is 4.11. The molecule has 0 spiro atoms. The predicted molar refractivity (Wildman–Crippen MR) is 68.1 cm³/mol. The molecule has 2 aromatic rings. The topological polar surface area (TPSA) is 48.4 Å². The Hall–Kier alpha value is -1.74. The van der Waals surface area contributed by atoms with Crippen LogP contribution in [-0.4, -0.2) is 7.11 Å². The van der Waals surface area contributed by atoms with E-state index in [0.29, 0.717) is 6.54 Å². The van der Waals surface area contributed by atoms with Gasteiger partial charge in [-0.3, -0.25) is 0 Å². The first-order valence-electron chi connectivity index (χ1n) is 5.60. The van der Waals surface area contributed by atoms with E-state index in [1.165, 1.54) is 0 Å². The minimum Gasteiger partial charge on any atom is -0.496 e. The summed E-state index contributed by atoms with van der Waals surface area (Å²) >= 11 is 0. The van der Waals surface area contributed by atoms with Crippen LogP contribution in [0.15, 0.2) is 28.7 Å². The normalized spacial score (nSPS) is 10.6. The van der Waals surface area contributed by atoms with Gasteiger partial charge in [0, 0.05) is 5.56 Å². The number of methoxy groups -OCH3 is 1. The molecule has 0 amide bonds. The van der Waals surface area contributed by atoms with Gasteiger partial charge in [0.05, 0.1) is 13.7 Å². The molecule has 1 aromatic carbocycles. The molecular formula is C14H17NO2. The molecule has 0 aliphatic carbocycles. The van der Waals surface area contributed by atoms with Gasteiger partial charge in [0.25, 0.3) is 0 Å². The van der Waals surface area contributed by atoms with E-state index in [9.17, 15) is 0 Å². The third kappa shape index (κ3) is 2.19. The van der Waals surface area contributed by atoms with Gasteiger partial charge in [-0.25, -0.2) is 0 Å². The van der Waals surface area contributed by atoms with E-state index in [1.807, 2.05) is 32.0 Å². The SMILES string of the molecule is COc1cc(C)c(-c2ccc(CN)o2)cc1C. The third-order valence-electron chi connectivity index (χ3n) is 2.87. The van der Waals surface area contributed by atoms with Crippen LogP contribution >= 0.6 is 0 Å². The fourth-order valence-electron chi connectivity index (χ4n) is 1.91. The summed E-state index contributed by atoms with van der Waals surface area (Å²) in [5.41, 5.74) is 8.85. The van der Waals surface area contributed by atoms with Gasteiger partial charge < -0.3 is 14.9 Å². The monoisotopic (exact) mass is 231 g/mol. The van der Waals surface area contributed by atoms with Crippen molar-refractivity contribution in [3.8, 4) is 17.1 Å². The fourth-order valence-corrected chi connectivity index (χ4v) is 1.91. The Labute approximate surface area is 101 Å². The van der Waals surface area contributed by atoms with E-state index in [0.717, 1.165) is 34.0 Å². The maximum atomic E-state index is 5.66. The number of rotatable bonds is 3. The lowest BCUT2D eigenvalue weighted by atomic mass is 10.0. The molecule has 3 heteroatoms. The highest BCUT2D eigenvalue weighted by molar-refractivity contribution is 5.65. The molecule has 1 heterocycles. The summed E-state index contributed by atoms with van der Waals surface area (Å²) in [6, 6.07) is 7.97. The average molecular weight is 231 g/mol. The maximum Gasteiger partial charge on any atom is 0.134 e. The van der Waals surface area contributed by atoms with Gasteiger partial charge in [-0.1, -0.05) is 0 Å². The zero-order chi connectivity index (χ0) is 12.4. The quantitative estimate of drug-likeness (QED) is 0.883. The Morgan fingerprint density at radius 3 is 2.53 bits per heavy atom. The molecule has 2 N–H and O–H groups in total. The number of nitrogens with two attached hydrogens (primary N) is 1. The van der Waals surface area contributed by atoms with E-state index in [1.54, 1.807) is 7.11 Å². The van der Waals surface area contributed by atoms with Crippen molar-refractivity contribution < 1.29 is 9.15 Å². The van der Waals surface area contributed by atoms with Crippen LogP contribution in [0.5, 0.6) is 5.75 Å². The molecule has 2 rings (SSSR count).